The van der Waals surface area contributed by atoms with Crippen LogP contribution >= 0.6 is 22.9 Å². The molecule has 0 radical (unpaired) electrons. The molecule has 3 aromatic rings. The Balaban J connectivity index is 1.62. The first-order chi connectivity index (χ1) is 14.0. The second kappa shape index (κ2) is 9.90. The van der Waals surface area contributed by atoms with Crippen LogP contribution in [0.25, 0.3) is 0 Å². The van der Waals surface area contributed by atoms with Gasteiger partial charge in [-0.2, -0.15) is 5.10 Å². The van der Waals surface area contributed by atoms with Gasteiger partial charge in [-0.25, -0.2) is 10.4 Å². The number of anilines is 1. The normalized spacial score (nSPS) is 10.8. The van der Waals surface area contributed by atoms with E-state index in [-0.39, 0.29) is 12.3 Å². The molecule has 0 saturated heterocycles. The van der Waals surface area contributed by atoms with E-state index < -0.39 is 0 Å². The highest BCUT2D eigenvalue weighted by Crippen LogP contribution is 2.29. The Kier molecular flexibility index (Phi) is 7.04. The molecule has 0 saturated carbocycles. The summed E-state index contributed by atoms with van der Waals surface area (Å²) in [5, 5.41) is 6.78. The van der Waals surface area contributed by atoms with Crippen LogP contribution in [0.2, 0.25) is 5.02 Å². The lowest BCUT2D eigenvalue weighted by Crippen LogP contribution is -2.19. The van der Waals surface area contributed by atoms with Crippen LogP contribution in [-0.2, 0) is 17.8 Å². The number of halogens is 1. The summed E-state index contributed by atoms with van der Waals surface area (Å²) >= 11 is 7.46. The van der Waals surface area contributed by atoms with Crippen molar-refractivity contribution in [3.8, 4) is 11.5 Å². The molecule has 150 valence electrons. The molecule has 0 aliphatic rings. The molecule has 29 heavy (non-hydrogen) atoms. The minimum absolute atomic E-state index is 0.111. The number of ether oxygens (including phenoxy) is 2. The lowest BCUT2D eigenvalue weighted by Gasteiger charge is -2.12. The minimum atomic E-state index is -0.282. The lowest BCUT2D eigenvalue weighted by atomic mass is 10.2. The van der Waals surface area contributed by atoms with Crippen molar-refractivity contribution >= 4 is 40.2 Å². The summed E-state index contributed by atoms with van der Waals surface area (Å²) in [6, 6.07) is 12.8. The van der Waals surface area contributed by atoms with Gasteiger partial charge in [-0.15, -0.1) is 11.3 Å². The number of amides is 1. The van der Waals surface area contributed by atoms with Gasteiger partial charge in [0.15, 0.2) is 16.6 Å². The minimum Gasteiger partial charge on any atom is -0.493 e. The maximum atomic E-state index is 11.9. The monoisotopic (exact) mass is 430 g/mol. The number of nitrogens with one attached hydrogen (secondary N) is 1. The van der Waals surface area contributed by atoms with Crippen molar-refractivity contribution in [2.75, 3.05) is 12.8 Å². The van der Waals surface area contributed by atoms with E-state index in [9.17, 15) is 4.79 Å². The number of nitrogens with zero attached hydrogens (tertiary/aromatic N) is 2. The van der Waals surface area contributed by atoms with Crippen molar-refractivity contribution in [2.45, 2.75) is 13.0 Å². The van der Waals surface area contributed by atoms with Crippen molar-refractivity contribution in [1.82, 2.24) is 10.4 Å². The Morgan fingerprint density at radius 2 is 2.14 bits per heavy atom. The van der Waals surface area contributed by atoms with Gasteiger partial charge in [-0.05, 0) is 29.8 Å². The van der Waals surface area contributed by atoms with Gasteiger partial charge in [0.1, 0.15) is 6.61 Å². The van der Waals surface area contributed by atoms with Gasteiger partial charge in [-0.1, -0.05) is 29.8 Å². The highest BCUT2D eigenvalue weighted by molar-refractivity contribution is 7.13. The van der Waals surface area contributed by atoms with Crippen LogP contribution in [0, 0.1) is 0 Å². The molecular weight excluding hydrogens is 412 g/mol. The van der Waals surface area contributed by atoms with Crippen LogP contribution in [-0.4, -0.2) is 24.2 Å². The molecule has 1 heterocycles. The van der Waals surface area contributed by atoms with Crippen molar-refractivity contribution in [3.63, 3.8) is 0 Å². The quantitative estimate of drug-likeness (QED) is 0.419. The average Bonchev–Trinajstić information content (AvgIpc) is 3.12. The van der Waals surface area contributed by atoms with Gasteiger partial charge in [0.25, 0.3) is 0 Å². The number of aromatic nitrogens is 1. The van der Waals surface area contributed by atoms with Gasteiger partial charge >= 0.3 is 0 Å². The number of hydrogen-bond acceptors (Lipinski definition) is 7. The van der Waals surface area contributed by atoms with Crippen LogP contribution in [0.1, 0.15) is 16.8 Å². The molecule has 9 heteroatoms. The van der Waals surface area contributed by atoms with Crippen LogP contribution in [0.5, 0.6) is 11.5 Å². The first-order valence-corrected chi connectivity index (χ1v) is 9.87. The molecule has 0 atom stereocenters. The average molecular weight is 431 g/mol. The molecule has 1 aromatic heterocycles. The first kappa shape index (κ1) is 20.6. The summed E-state index contributed by atoms with van der Waals surface area (Å²) < 4.78 is 11.2. The van der Waals surface area contributed by atoms with Crippen molar-refractivity contribution < 1.29 is 14.3 Å². The largest absolute Gasteiger partial charge is 0.493 e. The molecule has 0 aliphatic carbocycles. The molecule has 7 nitrogen and oxygen atoms in total. The Labute approximate surface area is 177 Å². The summed E-state index contributed by atoms with van der Waals surface area (Å²) in [4.78, 5) is 16.0. The molecule has 0 bridgehead atoms. The molecule has 3 rings (SSSR count). The maximum absolute atomic E-state index is 11.9. The standard InChI is InChI=1S/C20H19ClN4O3S/c1-27-17-7-6-13(8-18(17)28-11-14-4-2-3-5-16(14)21)10-23-25-19(26)9-15-12-29-20(22)24-15/h2-8,10,12H,9,11H2,1H3,(H2,22,24)(H,25,26)/b23-10+. The Hall–Kier alpha value is -3.10. The molecule has 2 aromatic carbocycles. The highest BCUT2D eigenvalue weighted by atomic mass is 35.5. The van der Waals surface area contributed by atoms with E-state index in [0.717, 1.165) is 11.1 Å². The maximum Gasteiger partial charge on any atom is 0.246 e. The van der Waals surface area contributed by atoms with E-state index in [4.69, 9.17) is 26.8 Å². The second-order valence-electron chi connectivity index (χ2n) is 5.94. The van der Waals surface area contributed by atoms with Gasteiger partial charge in [0.2, 0.25) is 5.91 Å². The summed E-state index contributed by atoms with van der Waals surface area (Å²) in [7, 11) is 1.57. The summed E-state index contributed by atoms with van der Waals surface area (Å²) in [6.07, 6.45) is 1.63. The number of methoxy groups -OCH3 is 1. The molecule has 1 amide bonds. The predicted octanol–water partition coefficient (Wildman–Crippen LogP) is 3.66. The first-order valence-electron chi connectivity index (χ1n) is 8.61. The van der Waals surface area contributed by atoms with Crippen LogP contribution in [0.3, 0.4) is 0 Å². The van der Waals surface area contributed by atoms with Crippen molar-refractivity contribution in [3.05, 3.63) is 69.7 Å². The third kappa shape index (κ3) is 5.94. The van der Waals surface area contributed by atoms with Crippen LogP contribution in [0.15, 0.2) is 52.9 Å². The number of carbonyl (C=O) groups excluding carboxylic acids is 1. The molecule has 0 spiro atoms. The third-order valence-corrected chi connectivity index (χ3v) is 4.93. The SMILES string of the molecule is COc1ccc(/C=N/NC(=O)Cc2csc(N)n2)cc1OCc1ccccc1Cl. The number of thiazole rings is 1. The Bertz CT molecular complexity index is 1020. The molecular formula is C20H19ClN4O3S. The van der Waals surface area contributed by atoms with E-state index >= 15 is 0 Å². The summed E-state index contributed by atoms with van der Waals surface area (Å²) in [5.74, 6) is 0.843. The van der Waals surface area contributed by atoms with E-state index in [2.05, 4.69) is 15.5 Å². The fourth-order valence-corrected chi connectivity index (χ4v) is 3.20. The van der Waals surface area contributed by atoms with Crippen molar-refractivity contribution in [2.24, 2.45) is 5.10 Å². The van der Waals surface area contributed by atoms with Crippen LogP contribution in [0.4, 0.5) is 5.13 Å². The van der Waals surface area contributed by atoms with Gasteiger partial charge in [-0.3, -0.25) is 4.79 Å². The van der Waals surface area contributed by atoms with Crippen LogP contribution < -0.4 is 20.6 Å². The zero-order chi connectivity index (χ0) is 20.6. The van der Waals surface area contributed by atoms with Gasteiger partial charge in [0, 0.05) is 16.0 Å². The van der Waals surface area contributed by atoms with E-state index in [1.54, 1.807) is 30.7 Å². The lowest BCUT2D eigenvalue weighted by molar-refractivity contribution is -0.120. The smallest absolute Gasteiger partial charge is 0.246 e. The Morgan fingerprint density at radius 3 is 2.86 bits per heavy atom. The molecule has 0 unspecified atom stereocenters. The number of nitrogens with two attached hydrogens (primary N) is 1. The third-order valence-electron chi connectivity index (χ3n) is 3.84. The zero-order valence-corrected chi connectivity index (χ0v) is 17.2. The highest BCUT2D eigenvalue weighted by Gasteiger charge is 2.08. The molecule has 3 N–H and O–H groups in total. The fourth-order valence-electron chi connectivity index (χ4n) is 2.44. The van der Waals surface area contributed by atoms with Crippen molar-refractivity contribution in [1.29, 1.82) is 0 Å². The second-order valence-corrected chi connectivity index (χ2v) is 7.23. The molecule has 0 aliphatic heterocycles. The van der Waals surface area contributed by atoms with E-state index in [0.29, 0.717) is 34.0 Å². The number of benzene rings is 2. The summed E-state index contributed by atoms with van der Waals surface area (Å²) in [5.41, 5.74) is 10.2. The summed E-state index contributed by atoms with van der Waals surface area (Å²) in [6.45, 7) is 0.296. The fraction of sp³-hybridized carbons (Fsp3) is 0.150. The topological polar surface area (TPSA) is 98.8 Å². The zero-order valence-electron chi connectivity index (χ0n) is 15.6. The number of hydrazone groups is 1. The van der Waals surface area contributed by atoms with E-state index in [1.165, 1.54) is 17.6 Å². The van der Waals surface area contributed by atoms with Gasteiger partial charge in [0.05, 0.1) is 25.4 Å². The van der Waals surface area contributed by atoms with Gasteiger partial charge < -0.3 is 15.2 Å². The predicted molar refractivity (Wildman–Crippen MR) is 115 cm³/mol. The molecule has 0 fully saturated rings. The Morgan fingerprint density at radius 1 is 1.31 bits per heavy atom. The van der Waals surface area contributed by atoms with E-state index in [1.807, 2.05) is 24.3 Å². The number of nitrogen functional groups attached to an aromatic ring is 1. The number of hydrogen-bond donors (Lipinski definition) is 2. The number of rotatable bonds is 8. The number of carbonyl (C=O) groups is 1.